The van der Waals surface area contributed by atoms with Crippen molar-refractivity contribution in [1.82, 2.24) is 0 Å². The van der Waals surface area contributed by atoms with Crippen LogP contribution in [0.2, 0.25) is 0 Å². The SMILES string of the molecule is CN1C(=O)C(C(O)(c2ccccc2)c2ccccc2)Nc2ccccc21. The van der Waals surface area contributed by atoms with Crippen molar-refractivity contribution in [2.24, 2.45) is 0 Å². The fraction of sp³-hybridized carbons (Fsp3) is 0.136. The van der Waals surface area contributed by atoms with Crippen molar-refractivity contribution < 1.29 is 9.90 Å². The van der Waals surface area contributed by atoms with Crippen molar-refractivity contribution in [1.29, 1.82) is 0 Å². The second kappa shape index (κ2) is 6.32. The van der Waals surface area contributed by atoms with Gasteiger partial charge in [0.25, 0.3) is 5.91 Å². The lowest BCUT2D eigenvalue weighted by molar-refractivity contribution is -0.123. The van der Waals surface area contributed by atoms with Gasteiger partial charge in [0.1, 0.15) is 11.6 Å². The summed E-state index contributed by atoms with van der Waals surface area (Å²) in [6.07, 6.45) is 0. The first-order chi connectivity index (χ1) is 12.6. The second-order valence-corrected chi connectivity index (χ2v) is 6.49. The van der Waals surface area contributed by atoms with E-state index in [2.05, 4.69) is 5.32 Å². The number of aliphatic hydroxyl groups is 1. The van der Waals surface area contributed by atoms with Crippen molar-refractivity contribution in [2.45, 2.75) is 11.6 Å². The molecular weight excluding hydrogens is 324 g/mol. The van der Waals surface area contributed by atoms with Gasteiger partial charge >= 0.3 is 0 Å². The summed E-state index contributed by atoms with van der Waals surface area (Å²) in [4.78, 5) is 14.8. The van der Waals surface area contributed by atoms with E-state index >= 15 is 0 Å². The molecule has 4 nitrogen and oxygen atoms in total. The Kier molecular flexibility index (Phi) is 3.98. The van der Waals surface area contributed by atoms with Gasteiger partial charge in [0.15, 0.2) is 0 Å². The Bertz CT molecular complexity index is 886. The predicted molar refractivity (Wildman–Crippen MR) is 103 cm³/mol. The van der Waals surface area contributed by atoms with Crippen LogP contribution in [0.1, 0.15) is 11.1 Å². The van der Waals surface area contributed by atoms with E-state index in [0.29, 0.717) is 11.1 Å². The number of likely N-dealkylation sites (N-methyl/N-ethyl adjacent to an activating group) is 1. The Morgan fingerprint density at radius 2 is 1.35 bits per heavy atom. The van der Waals surface area contributed by atoms with Gasteiger partial charge in [0.05, 0.1) is 11.4 Å². The number of carbonyl (C=O) groups is 1. The molecule has 0 aliphatic carbocycles. The average Bonchev–Trinajstić information content (AvgIpc) is 2.71. The van der Waals surface area contributed by atoms with Gasteiger partial charge in [0.2, 0.25) is 0 Å². The van der Waals surface area contributed by atoms with Crippen LogP contribution in [0.4, 0.5) is 11.4 Å². The molecule has 2 N–H and O–H groups in total. The summed E-state index contributed by atoms with van der Waals surface area (Å²) >= 11 is 0. The van der Waals surface area contributed by atoms with Gasteiger partial charge in [-0.05, 0) is 23.3 Å². The third-order valence-corrected chi connectivity index (χ3v) is 4.99. The summed E-state index contributed by atoms with van der Waals surface area (Å²) in [5.74, 6) is -0.182. The van der Waals surface area contributed by atoms with Crippen molar-refractivity contribution in [2.75, 3.05) is 17.3 Å². The molecule has 0 radical (unpaired) electrons. The Morgan fingerprint density at radius 1 is 0.846 bits per heavy atom. The molecule has 1 unspecified atom stereocenters. The molecule has 3 aromatic rings. The van der Waals surface area contributed by atoms with Crippen molar-refractivity contribution >= 4 is 17.3 Å². The third-order valence-electron chi connectivity index (χ3n) is 4.99. The summed E-state index contributed by atoms with van der Waals surface area (Å²) in [7, 11) is 1.74. The second-order valence-electron chi connectivity index (χ2n) is 6.49. The van der Waals surface area contributed by atoms with Crippen LogP contribution in [0.25, 0.3) is 0 Å². The van der Waals surface area contributed by atoms with Crippen LogP contribution >= 0.6 is 0 Å². The third kappa shape index (κ3) is 2.47. The maximum Gasteiger partial charge on any atom is 0.253 e. The molecule has 0 bridgehead atoms. The Balaban J connectivity index is 1.90. The summed E-state index contributed by atoms with van der Waals surface area (Å²) < 4.78 is 0. The normalized spacial score (nSPS) is 16.8. The van der Waals surface area contributed by atoms with Crippen LogP contribution in [0.5, 0.6) is 0 Å². The van der Waals surface area contributed by atoms with Crippen LogP contribution in [-0.2, 0) is 10.4 Å². The highest BCUT2D eigenvalue weighted by molar-refractivity contribution is 6.05. The van der Waals surface area contributed by atoms with Gasteiger partial charge in [-0.25, -0.2) is 0 Å². The van der Waals surface area contributed by atoms with Crippen LogP contribution in [0, 0.1) is 0 Å². The molecule has 1 aliphatic rings. The first-order valence-corrected chi connectivity index (χ1v) is 8.59. The number of nitrogens with zero attached hydrogens (tertiary/aromatic N) is 1. The first-order valence-electron chi connectivity index (χ1n) is 8.59. The summed E-state index contributed by atoms with van der Waals surface area (Å²) in [5, 5.41) is 15.2. The molecule has 0 saturated carbocycles. The Morgan fingerprint density at radius 3 is 1.92 bits per heavy atom. The van der Waals surface area contributed by atoms with E-state index in [1.54, 1.807) is 11.9 Å². The Labute approximate surface area is 152 Å². The summed E-state index contributed by atoms with van der Waals surface area (Å²) in [6.45, 7) is 0. The van der Waals surface area contributed by atoms with Gasteiger partial charge in [-0.2, -0.15) is 0 Å². The zero-order valence-corrected chi connectivity index (χ0v) is 14.5. The molecule has 1 heterocycles. The van der Waals surface area contributed by atoms with Gasteiger partial charge in [-0.1, -0.05) is 72.8 Å². The van der Waals surface area contributed by atoms with Gasteiger partial charge < -0.3 is 15.3 Å². The number of carbonyl (C=O) groups excluding carboxylic acids is 1. The highest BCUT2D eigenvalue weighted by Gasteiger charge is 2.48. The number of benzene rings is 3. The van der Waals surface area contributed by atoms with Crippen LogP contribution in [0.3, 0.4) is 0 Å². The smallest absolute Gasteiger partial charge is 0.253 e. The molecule has 26 heavy (non-hydrogen) atoms. The number of hydrogen-bond donors (Lipinski definition) is 2. The van der Waals surface area contributed by atoms with E-state index in [1.807, 2.05) is 84.9 Å². The monoisotopic (exact) mass is 344 g/mol. The van der Waals surface area contributed by atoms with E-state index in [-0.39, 0.29) is 5.91 Å². The van der Waals surface area contributed by atoms with E-state index in [4.69, 9.17) is 0 Å². The average molecular weight is 344 g/mol. The van der Waals surface area contributed by atoms with Crippen molar-refractivity contribution in [3.63, 3.8) is 0 Å². The lowest BCUT2D eigenvalue weighted by atomic mass is 9.78. The van der Waals surface area contributed by atoms with Gasteiger partial charge in [-0.15, -0.1) is 0 Å². The van der Waals surface area contributed by atoms with Gasteiger partial charge in [0, 0.05) is 7.05 Å². The molecule has 0 saturated heterocycles. The van der Waals surface area contributed by atoms with Crippen LogP contribution in [0.15, 0.2) is 84.9 Å². The molecule has 0 spiro atoms. The number of amides is 1. The first kappa shape index (κ1) is 16.4. The van der Waals surface area contributed by atoms with Crippen LogP contribution in [-0.4, -0.2) is 24.1 Å². The van der Waals surface area contributed by atoms with Crippen molar-refractivity contribution in [3.05, 3.63) is 96.1 Å². The molecule has 0 fully saturated rings. The van der Waals surface area contributed by atoms with E-state index in [1.165, 1.54) is 0 Å². The number of rotatable bonds is 3. The number of hydrogen-bond acceptors (Lipinski definition) is 3. The predicted octanol–water partition coefficient (Wildman–Crippen LogP) is 3.38. The summed E-state index contributed by atoms with van der Waals surface area (Å²) in [6, 6.07) is 25.4. The Hall–Kier alpha value is -3.11. The summed E-state index contributed by atoms with van der Waals surface area (Å²) in [5.41, 5.74) is 1.47. The molecule has 1 atom stereocenters. The molecule has 3 aromatic carbocycles. The molecule has 1 aliphatic heterocycles. The maximum atomic E-state index is 13.2. The minimum atomic E-state index is -1.50. The van der Waals surface area contributed by atoms with E-state index in [0.717, 1.165) is 11.4 Å². The zero-order valence-electron chi connectivity index (χ0n) is 14.5. The zero-order chi connectivity index (χ0) is 18.1. The molecule has 4 heteroatoms. The number of nitrogens with one attached hydrogen (secondary N) is 1. The van der Waals surface area contributed by atoms with E-state index < -0.39 is 11.6 Å². The largest absolute Gasteiger partial charge is 0.378 e. The number of anilines is 2. The van der Waals surface area contributed by atoms with Crippen molar-refractivity contribution in [3.8, 4) is 0 Å². The standard InChI is InChI=1S/C22H20N2O2/c1-24-19-15-9-8-14-18(19)23-20(21(24)25)22(26,16-10-4-2-5-11-16)17-12-6-3-7-13-17/h2-15,20,23,26H,1H3. The fourth-order valence-corrected chi connectivity index (χ4v) is 3.59. The minimum absolute atomic E-state index is 0.182. The van der Waals surface area contributed by atoms with Gasteiger partial charge in [-0.3, -0.25) is 4.79 Å². The highest BCUT2D eigenvalue weighted by Crippen LogP contribution is 2.40. The number of para-hydroxylation sites is 2. The molecule has 130 valence electrons. The molecule has 1 amide bonds. The lowest BCUT2D eigenvalue weighted by Gasteiger charge is -2.42. The number of fused-ring (bicyclic) bond motifs is 1. The van der Waals surface area contributed by atoms with Crippen LogP contribution < -0.4 is 10.2 Å². The van der Waals surface area contributed by atoms with E-state index in [9.17, 15) is 9.90 Å². The minimum Gasteiger partial charge on any atom is -0.378 e. The topological polar surface area (TPSA) is 52.6 Å². The molecule has 4 rings (SSSR count). The highest BCUT2D eigenvalue weighted by atomic mass is 16.3. The quantitative estimate of drug-likeness (QED) is 0.766. The molecule has 0 aromatic heterocycles. The molecular formula is C22H20N2O2. The maximum absolute atomic E-state index is 13.2. The fourth-order valence-electron chi connectivity index (χ4n) is 3.59. The lowest BCUT2D eigenvalue weighted by Crippen LogP contribution is -2.57.